The molecule has 0 spiro atoms. The van der Waals surface area contributed by atoms with E-state index in [1.54, 1.807) is 16.1 Å². The first-order chi connectivity index (χ1) is 15.4. The fourth-order valence-electron chi connectivity index (χ4n) is 2.96. The van der Waals surface area contributed by atoms with Gasteiger partial charge in [0, 0.05) is 30.8 Å². The lowest BCUT2D eigenvalue weighted by Gasteiger charge is -2.32. The van der Waals surface area contributed by atoms with Crippen LogP contribution in [-0.4, -0.2) is 48.3 Å². The van der Waals surface area contributed by atoms with E-state index in [4.69, 9.17) is 4.42 Å². The highest BCUT2D eigenvalue weighted by molar-refractivity contribution is 7.99. The van der Waals surface area contributed by atoms with Gasteiger partial charge in [0.15, 0.2) is 11.2 Å². The first-order valence-corrected chi connectivity index (χ1v) is 11.7. The number of alkyl halides is 2. The van der Waals surface area contributed by atoms with Crippen molar-refractivity contribution in [3.63, 3.8) is 0 Å². The smallest absolute Gasteiger partial charge is 0.314 e. The molecule has 3 heterocycles. The van der Waals surface area contributed by atoms with Crippen LogP contribution in [0.1, 0.15) is 18.0 Å². The van der Waals surface area contributed by atoms with E-state index in [2.05, 4.69) is 15.2 Å². The molecule has 0 saturated carbocycles. The van der Waals surface area contributed by atoms with Crippen molar-refractivity contribution in [3.05, 3.63) is 59.7 Å². The summed E-state index contributed by atoms with van der Waals surface area (Å²) in [7, 11) is 0. The molecule has 1 unspecified atom stereocenters. The molecule has 0 aliphatic carbocycles. The molecule has 1 aliphatic heterocycles. The van der Waals surface area contributed by atoms with Gasteiger partial charge in [0.05, 0.1) is 23.5 Å². The number of benzene rings is 1. The Balaban J connectivity index is 1.60. The predicted molar refractivity (Wildman–Crippen MR) is 112 cm³/mol. The van der Waals surface area contributed by atoms with Crippen LogP contribution in [0.4, 0.5) is 23.2 Å². The second-order valence-corrected chi connectivity index (χ2v) is 9.33. The Kier molecular flexibility index (Phi) is 7.06. The van der Waals surface area contributed by atoms with Crippen molar-refractivity contribution in [2.24, 2.45) is 0 Å². The van der Waals surface area contributed by atoms with E-state index in [1.807, 2.05) is 0 Å². The van der Waals surface area contributed by atoms with Crippen molar-refractivity contribution in [1.82, 2.24) is 19.5 Å². The number of rotatable bonds is 7. The largest absolute Gasteiger partial charge is 0.415 e. The van der Waals surface area contributed by atoms with Crippen molar-refractivity contribution in [1.29, 1.82) is 0 Å². The van der Waals surface area contributed by atoms with Gasteiger partial charge < -0.3 is 4.42 Å². The number of anilines is 1. The Morgan fingerprint density at radius 1 is 1.16 bits per heavy atom. The summed E-state index contributed by atoms with van der Waals surface area (Å²) >= 11 is 0.0976. The highest BCUT2D eigenvalue weighted by Gasteiger charge is 2.26. The third-order valence-corrected chi connectivity index (χ3v) is 7.05. The molecule has 0 amide bonds. The second kappa shape index (κ2) is 9.96. The summed E-state index contributed by atoms with van der Waals surface area (Å²) in [5, 5.41) is 6.69. The fraction of sp³-hybridized carbons (Fsp3) is 0.316. The van der Waals surface area contributed by atoms with E-state index in [1.165, 1.54) is 34.8 Å². The van der Waals surface area contributed by atoms with Gasteiger partial charge in [-0.05, 0) is 30.3 Å². The molecule has 32 heavy (non-hydrogen) atoms. The summed E-state index contributed by atoms with van der Waals surface area (Å²) < 4.78 is 74.8. The van der Waals surface area contributed by atoms with Gasteiger partial charge in [-0.3, -0.25) is 9.29 Å². The molecule has 1 fully saturated rings. The molecule has 2 aromatic heterocycles. The molecular formula is C19H17F4N5O2S2. The molecule has 0 bridgehead atoms. The van der Waals surface area contributed by atoms with Crippen molar-refractivity contribution < 1.29 is 26.2 Å². The molecule has 1 atom stereocenters. The van der Waals surface area contributed by atoms with Gasteiger partial charge in [-0.15, -0.1) is 10.2 Å². The predicted octanol–water partition coefficient (Wildman–Crippen LogP) is 3.98. The number of pyridine rings is 1. The molecule has 0 radical (unpaired) electrons. The van der Waals surface area contributed by atoms with Crippen LogP contribution in [-0.2, 0) is 17.7 Å². The topological polar surface area (TPSA) is 75.4 Å². The Morgan fingerprint density at radius 2 is 1.88 bits per heavy atom. The Bertz CT molecular complexity index is 1090. The van der Waals surface area contributed by atoms with Crippen LogP contribution in [0.2, 0.25) is 0 Å². The maximum Gasteiger partial charge on any atom is 0.314 e. The minimum absolute atomic E-state index is 0.0353. The van der Waals surface area contributed by atoms with Crippen LogP contribution in [0.3, 0.4) is 0 Å². The van der Waals surface area contributed by atoms with Crippen molar-refractivity contribution in [3.8, 4) is 11.5 Å². The maximum absolute atomic E-state index is 14.8. The second-order valence-electron chi connectivity index (χ2n) is 6.68. The Labute approximate surface area is 187 Å². The molecular weight excluding hydrogens is 470 g/mol. The van der Waals surface area contributed by atoms with E-state index >= 15 is 0 Å². The number of halogens is 4. The lowest BCUT2D eigenvalue weighted by Crippen LogP contribution is -2.43. The van der Waals surface area contributed by atoms with Crippen molar-refractivity contribution >= 4 is 28.6 Å². The van der Waals surface area contributed by atoms with Crippen LogP contribution < -0.4 is 4.31 Å². The molecule has 0 N–H and O–H groups in total. The molecule has 1 aliphatic rings. The zero-order valence-corrected chi connectivity index (χ0v) is 18.1. The van der Waals surface area contributed by atoms with Gasteiger partial charge in [0.25, 0.3) is 5.89 Å². The average Bonchev–Trinajstić information content (AvgIpc) is 3.30. The standard InChI is InChI=1S/C19H17F4N5O2S2/c20-13-1-3-14(4-2-13)28(32(29)27-5-7-31-8-6-27)11-16-15(21)9-12(10-24-16)18-25-26-19(30-18)17(22)23/h1-4,9-10,17H,5-8,11H2. The minimum Gasteiger partial charge on any atom is -0.415 e. The Hall–Kier alpha value is -2.51. The summed E-state index contributed by atoms with van der Waals surface area (Å²) in [5.74, 6) is -0.752. The summed E-state index contributed by atoms with van der Waals surface area (Å²) in [6.07, 6.45) is -1.73. The van der Waals surface area contributed by atoms with Crippen LogP contribution >= 0.6 is 11.8 Å². The lowest BCUT2D eigenvalue weighted by atomic mass is 10.2. The van der Waals surface area contributed by atoms with Crippen LogP contribution in [0.25, 0.3) is 11.5 Å². The number of hydrogen-bond donors (Lipinski definition) is 0. The lowest BCUT2D eigenvalue weighted by molar-refractivity contribution is 0.116. The van der Waals surface area contributed by atoms with Gasteiger partial charge in [-0.25, -0.2) is 17.3 Å². The first kappa shape index (κ1) is 22.7. The molecule has 13 heteroatoms. The van der Waals surface area contributed by atoms with E-state index in [0.717, 1.165) is 17.6 Å². The van der Waals surface area contributed by atoms with Crippen molar-refractivity contribution in [2.75, 3.05) is 28.9 Å². The quantitative estimate of drug-likeness (QED) is 0.470. The molecule has 3 aromatic rings. The maximum atomic E-state index is 14.8. The normalized spacial score (nSPS) is 15.8. The van der Waals surface area contributed by atoms with Crippen LogP contribution in [0, 0.1) is 11.6 Å². The molecule has 170 valence electrons. The zero-order chi connectivity index (χ0) is 22.7. The molecule has 4 rings (SSSR count). The highest BCUT2D eigenvalue weighted by atomic mass is 32.2. The third-order valence-electron chi connectivity index (χ3n) is 4.58. The van der Waals surface area contributed by atoms with Gasteiger partial charge in [-0.1, -0.05) is 0 Å². The van der Waals surface area contributed by atoms with Crippen LogP contribution in [0.5, 0.6) is 0 Å². The van der Waals surface area contributed by atoms with Gasteiger partial charge in [-0.2, -0.15) is 20.5 Å². The molecule has 1 saturated heterocycles. The highest BCUT2D eigenvalue weighted by Crippen LogP contribution is 2.26. The summed E-state index contributed by atoms with van der Waals surface area (Å²) in [6, 6.07) is 6.42. The Morgan fingerprint density at radius 3 is 2.50 bits per heavy atom. The summed E-state index contributed by atoms with van der Waals surface area (Å²) in [6.45, 7) is 1.01. The monoisotopic (exact) mass is 487 g/mol. The number of nitrogens with zero attached hydrogens (tertiary/aromatic N) is 5. The number of aromatic nitrogens is 3. The van der Waals surface area contributed by atoms with E-state index in [-0.39, 0.29) is 23.7 Å². The molecule has 7 nitrogen and oxygen atoms in total. The first-order valence-electron chi connectivity index (χ1n) is 9.46. The summed E-state index contributed by atoms with van der Waals surface area (Å²) in [5.41, 5.74) is 0.436. The van der Waals surface area contributed by atoms with Gasteiger partial charge >= 0.3 is 6.43 Å². The van der Waals surface area contributed by atoms with E-state index < -0.39 is 35.1 Å². The fourth-order valence-corrected chi connectivity index (χ4v) is 5.40. The third kappa shape index (κ3) is 5.10. The van der Waals surface area contributed by atoms with Gasteiger partial charge in [0.1, 0.15) is 11.6 Å². The summed E-state index contributed by atoms with van der Waals surface area (Å²) in [4.78, 5) is 4.06. The SMILES string of the molecule is O=S(N1CCSCC1)N(Cc1ncc(-c2nnc(C(F)F)o2)cc1F)c1ccc(F)cc1. The van der Waals surface area contributed by atoms with Gasteiger partial charge in [0.2, 0.25) is 5.89 Å². The van der Waals surface area contributed by atoms with Crippen molar-refractivity contribution in [2.45, 2.75) is 13.0 Å². The number of thioether (sulfide) groups is 1. The van der Waals surface area contributed by atoms with Crippen LogP contribution in [0.15, 0.2) is 40.9 Å². The van der Waals surface area contributed by atoms with E-state index in [9.17, 15) is 21.8 Å². The molecule has 1 aromatic carbocycles. The van der Waals surface area contributed by atoms with E-state index in [0.29, 0.717) is 18.8 Å². The number of hydrogen-bond acceptors (Lipinski definition) is 6. The minimum atomic E-state index is -2.94. The average molecular weight is 488 g/mol. The zero-order valence-electron chi connectivity index (χ0n) is 16.5.